The minimum absolute atomic E-state index is 0.361. The molecule has 1 aromatic rings. The second-order valence-corrected chi connectivity index (χ2v) is 5.44. The van der Waals surface area contributed by atoms with Crippen molar-refractivity contribution in [3.63, 3.8) is 0 Å². The number of ether oxygens (including phenoxy) is 2. The summed E-state index contributed by atoms with van der Waals surface area (Å²) in [6.07, 6.45) is -0.447. The fourth-order valence-electron chi connectivity index (χ4n) is 1.73. The molecule has 0 saturated carbocycles. The number of benzene rings is 1. The van der Waals surface area contributed by atoms with Gasteiger partial charge in [0.25, 0.3) is 0 Å². The van der Waals surface area contributed by atoms with E-state index in [-0.39, 0.29) is 0 Å². The van der Waals surface area contributed by atoms with Gasteiger partial charge < -0.3 is 20.5 Å². The number of halogens is 2. The Hall–Kier alpha value is -0.330. The lowest BCUT2D eigenvalue weighted by molar-refractivity contribution is -0.134. The first-order chi connectivity index (χ1) is 8.46. The van der Waals surface area contributed by atoms with E-state index in [2.05, 4.69) is 21.2 Å². The van der Waals surface area contributed by atoms with Crippen molar-refractivity contribution in [1.82, 2.24) is 0 Å². The number of hydrogen-bond acceptors (Lipinski definition) is 4. The molecule has 6 heteroatoms. The Balaban J connectivity index is 2.94. The molecule has 0 amide bonds. The summed E-state index contributed by atoms with van der Waals surface area (Å²) in [4.78, 5) is 0. The second-order valence-electron chi connectivity index (χ2n) is 4.18. The summed E-state index contributed by atoms with van der Waals surface area (Å²) in [5, 5.41) is 3.97. The van der Waals surface area contributed by atoms with Gasteiger partial charge in [0.05, 0.1) is 10.6 Å². The zero-order valence-electron chi connectivity index (χ0n) is 10.7. The van der Waals surface area contributed by atoms with Gasteiger partial charge in [0, 0.05) is 30.9 Å². The van der Waals surface area contributed by atoms with Crippen molar-refractivity contribution in [3.05, 3.63) is 27.7 Å². The van der Waals surface area contributed by atoms with Crippen molar-refractivity contribution < 1.29 is 9.47 Å². The van der Waals surface area contributed by atoms with E-state index in [1.54, 1.807) is 20.3 Å². The van der Waals surface area contributed by atoms with Gasteiger partial charge in [-0.2, -0.15) is 0 Å². The van der Waals surface area contributed by atoms with Crippen LogP contribution in [0.2, 0.25) is 5.02 Å². The molecule has 3 N–H and O–H groups in total. The van der Waals surface area contributed by atoms with Crippen LogP contribution in [0.5, 0.6) is 0 Å². The summed E-state index contributed by atoms with van der Waals surface area (Å²) < 4.78 is 11.4. The largest absolute Gasteiger partial charge is 0.374 e. The maximum absolute atomic E-state index is 5.95. The molecule has 0 spiro atoms. The number of nitrogens with two attached hydrogens (primary N) is 1. The third-order valence-electron chi connectivity index (χ3n) is 2.72. The van der Waals surface area contributed by atoms with Crippen LogP contribution >= 0.6 is 27.5 Å². The van der Waals surface area contributed by atoms with E-state index in [0.29, 0.717) is 11.6 Å². The molecular formula is C12H18BrClN2O2. The lowest BCUT2D eigenvalue weighted by Crippen LogP contribution is -2.54. The number of rotatable bonds is 6. The molecule has 0 aliphatic rings. The van der Waals surface area contributed by atoms with E-state index in [0.717, 1.165) is 10.2 Å². The normalized spacial score (nSPS) is 14.6. The van der Waals surface area contributed by atoms with Gasteiger partial charge in [-0.3, -0.25) is 0 Å². The van der Waals surface area contributed by atoms with Crippen LogP contribution < -0.4 is 11.1 Å². The van der Waals surface area contributed by atoms with Gasteiger partial charge in [0.1, 0.15) is 0 Å². The third-order valence-corrected chi connectivity index (χ3v) is 3.94. The van der Waals surface area contributed by atoms with Crippen molar-refractivity contribution in [2.24, 2.45) is 5.73 Å². The van der Waals surface area contributed by atoms with Crippen molar-refractivity contribution in [2.75, 3.05) is 26.1 Å². The molecule has 0 radical (unpaired) electrons. The van der Waals surface area contributed by atoms with Crippen LogP contribution in [-0.4, -0.2) is 32.6 Å². The maximum atomic E-state index is 5.95. The van der Waals surface area contributed by atoms with Crippen LogP contribution in [0.3, 0.4) is 0 Å². The van der Waals surface area contributed by atoms with Gasteiger partial charge in [-0.1, -0.05) is 11.6 Å². The van der Waals surface area contributed by atoms with Crippen molar-refractivity contribution in [1.29, 1.82) is 0 Å². The molecule has 1 atom stereocenters. The molecule has 0 saturated heterocycles. The zero-order valence-corrected chi connectivity index (χ0v) is 13.0. The van der Waals surface area contributed by atoms with Gasteiger partial charge in [0.15, 0.2) is 6.29 Å². The lowest BCUT2D eigenvalue weighted by atomic mass is 10.0. The minimum atomic E-state index is -0.531. The predicted octanol–water partition coefficient (Wildman–Crippen LogP) is 2.85. The van der Waals surface area contributed by atoms with Crippen LogP contribution in [0.1, 0.15) is 6.92 Å². The Morgan fingerprint density at radius 1 is 1.44 bits per heavy atom. The Bertz CT molecular complexity index is 402. The first-order valence-corrected chi connectivity index (χ1v) is 6.63. The molecule has 0 aliphatic carbocycles. The van der Waals surface area contributed by atoms with E-state index in [1.165, 1.54) is 0 Å². The van der Waals surface area contributed by atoms with E-state index in [4.69, 9.17) is 26.8 Å². The maximum Gasteiger partial charge on any atom is 0.180 e. The van der Waals surface area contributed by atoms with Gasteiger partial charge in [-0.25, -0.2) is 0 Å². The van der Waals surface area contributed by atoms with E-state index in [1.807, 2.05) is 19.1 Å². The van der Waals surface area contributed by atoms with Crippen molar-refractivity contribution in [2.45, 2.75) is 18.8 Å². The van der Waals surface area contributed by atoms with Gasteiger partial charge in [-0.05, 0) is 41.1 Å². The highest BCUT2D eigenvalue weighted by atomic mass is 79.9. The summed E-state index contributed by atoms with van der Waals surface area (Å²) in [7, 11) is 3.17. The Labute approximate surface area is 121 Å². The van der Waals surface area contributed by atoms with E-state index in [9.17, 15) is 0 Å². The van der Waals surface area contributed by atoms with Crippen molar-refractivity contribution >= 4 is 33.2 Å². The summed E-state index contributed by atoms with van der Waals surface area (Å²) in [5.74, 6) is 0. The lowest BCUT2D eigenvalue weighted by Gasteiger charge is -2.36. The minimum Gasteiger partial charge on any atom is -0.374 e. The Morgan fingerprint density at radius 2 is 2.06 bits per heavy atom. The predicted molar refractivity (Wildman–Crippen MR) is 78.0 cm³/mol. The molecule has 0 heterocycles. The van der Waals surface area contributed by atoms with Crippen LogP contribution in [0, 0.1) is 0 Å². The van der Waals surface area contributed by atoms with Crippen molar-refractivity contribution in [3.8, 4) is 0 Å². The van der Waals surface area contributed by atoms with Crippen LogP contribution in [0.25, 0.3) is 0 Å². The molecule has 18 heavy (non-hydrogen) atoms. The summed E-state index contributed by atoms with van der Waals surface area (Å²) in [6.45, 7) is 2.30. The van der Waals surface area contributed by atoms with Crippen LogP contribution in [-0.2, 0) is 9.47 Å². The first-order valence-electron chi connectivity index (χ1n) is 5.45. The van der Waals surface area contributed by atoms with E-state index >= 15 is 0 Å². The average molecular weight is 338 g/mol. The summed E-state index contributed by atoms with van der Waals surface area (Å²) in [6, 6.07) is 5.57. The summed E-state index contributed by atoms with van der Waals surface area (Å²) in [5.41, 5.74) is 6.17. The quantitative estimate of drug-likeness (QED) is 0.784. The SMILES string of the molecule is COC(OC)C(C)(CN)Nc1ccc(Cl)c(Br)c1. The highest BCUT2D eigenvalue weighted by molar-refractivity contribution is 9.10. The van der Waals surface area contributed by atoms with E-state index < -0.39 is 11.8 Å². The fourth-order valence-corrected chi connectivity index (χ4v) is 2.22. The van der Waals surface area contributed by atoms with Gasteiger partial charge >= 0.3 is 0 Å². The van der Waals surface area contributed by atoms with Gasteiger partial charge in [-0.15, -0.1) is 0 Å². The topological polar surface area (TPSA) is 56.5 Å². The molecule has 1 aromatic carbocycles. The highest BCUT2D eigenvalue weighted by Crippen LogP contribution is 2.28. The zero-order chi connectivity index (χ0) is 13.8. The molecule has 0 aliphatic heterocycles. The second kappa shape index (κ2) is 6.73. The number of hydrogen-bond donors (Lipinski definition) is 2. The standard InChI is InChI=1S/C12H18BrClN2O2/c1-12(7-15,11(17-2)18-3)16-8-4-5-10(14)9(13)6-8/h4-6,11,16H,7,15H2,1-3H3. The number of nitrogens with one attached hydrogen (secondary N) is 1. The smallest absolute Gasteiger partial charge is 0.180 e. The third kappa shape index (κ3) is 3.59. The molecule has 0 bridgehead atoms. The molecule has 0 aromatic heterocycles. The first kappa shape index (κ1) is 15.7. The van der Waals surface area contributed by atoms with Crippen LogP contribution in [0.4, 0.5) is 5.69 Å². The molecule has 0 fully saturated rings. The molecule has 1 unspecified atom stereocenters. The molecule has 1 rings (SSSR count). The average Bonchev–Trinajstić information content (AvgIpc) is 2.35. The fraction of sp³-hybridized carbons (Fsp3) is 0.500. The number of methoxy groups -OCH3 is 2. The molecular weight excluding hydrogens is 320 g/mol. The Morgan fingerprint density at radius 3 is 2.50 bits per heavy atom. The Kier molecular flexibility index (Phi) is 5.88. The van der Waals surface area contributed by atoms with Crippen LogP contribution in [0.15, 0.2) is 22.7 Å². The van der Waals surface area contributed by atoms with Gasteiger partial charge in [0.2, 0.25) is 0 Å². The molecule has 4 nitrogen and oxygen atoms in total. The monoisotopic (exact) mass is 336 g/mol. The summed E-state index contributed by atoms with van der Waals surface area (Å²) >= 11 is 9.34. The molecule has 102 valence electrons. The number of anilines is 1. The highest BCUT2D eigenvalue weighted by Gasteiger charge is 2.33.